The minimum Gasteiger partial charge on any atom is -0.533 e. The van der Waals surface area contributed by atoms with Crippen LogP contribution < -0.4 is 0 Å². The molecule has 2 N–H and O–H groups in total. The number of rotatable bonds is 0. The van der Waals surface area contributed by atoms with Crippen molar-refractivity contribution in [3.63, 3.8) is 0 Å². The molecule has 0 atom stereocenters. The zero-order valence-corrected chi connectivity index (χ0v) is 10.9. The van der Waals surface area contributed by atoms with Crippen molar-refractivity contribution in [2.24, 2.45) is 0 Å². The van der Waals surface area contributed by atoms with E-state index >= 15 is 0 Å². The Morgan fingerprint density at radius 1 is 0.647 bits per heavy atom. The summed E-state index contributed by atoms with van der Waals surface area (Å²) >= 11 is 0. The van der Waals surface area contributed by atoms with E-state index in [0.717, 1.165) is 0 Å². The molecule has 0 aliphatic heterocycles. The van der Waals surface area contributed by atoms with Gasteiger partial charge in [-0.3, -0.25) is 0 Å². The Hall–Kier alpha value is -0.856. The van der Waals surface area contributed by atoms with E-state index in [0.29, 0.717) is 11.5 Å². The van der Waals surface area contributed by atoms with Gasteiger partial charge in [-0.2, -0.15) is 36.4 Å². The van der Waals surface area contributed by atoms with Crippen molar-refractivity contribution in [3.8, 4) is 11.5 Å². The molecule has 1 radical (unpaired) electrons. The fourth-order valence-corrected chi connectivity index (χ4v) is 0.756. The number of hydrogen-bond acceptors (Lipinski definition) is 2. The quantitative estimate of drug-likeness (QED) is 0.729. The number of hydrogen-bond donors (Lipinski definition) is 2. The van der Waals surface area contributed by atoms with Crippen molar-refractivity contribution in [2.45, 2.75) is 14.9 Å². The van der Waals surface area contributed by atoms with Crippen LogP contribution in [-0.2, 0) is 32.7 Å². The molecule has 0 aliphatic rings. The summed E-state index contributed by atoms with van der Waals surface area (Å²) in [5.41, 5.74) is 0. The maximum Gasteiger partial charge on any atom is 0.00821 e. The van der Waals surface area contributed by atoms with Crippen LogP contribution in [0.25, 0.3) is 0 Å². The first-order chi connectivity index (χ1) is 6.79. The molecule has 0 fully saturated rings. The van der Waals surface area contributed by atoms with E-state index in [1.165, 1.54) is 0 Å². The molecular weight excluding hydrogens is 289 g/mol. The largest absolute Gasteiger partial charge is 0.533 e. The molecule has 2 nitrogen and oxygen atoms in total. The summed E-state index contributed by atoms with van der Waals surface area (Å²) in [4.78, 5) is 0. The van der Waals surface area contributed by atoms with Gasteiger partial charge in [0.2, 0.25) is 0 Å². The molecule has 0 saturated heterocycles. The second kappa shape index (κ2) is 13.2. The van der Waals surface area contributed by atoms with Crippen LogP contribution in [0.4, 0.5) is 0 Å². The molecule has 0 heterocycles. The number of phenolic OH excluding ortho intramolecular Hbond substituents is 2. The first-order valence-corrected chi connectivity index (χ1v) is 4.09. The molecule has 91 valence electrons. The van der Waals surface area contributed by atoms with E-state index in [1.807, 2.05) is 0 Å². The van der Waals surface area contributed by atoms with E-state index in [4.69, 9.17) is 10.2 Å². The third kappa shape index (κ3) is 11.4. The monoisotopic (exact) mass is 307 g/mol. The van der Waals surface area contributed by atoms with Gasteiger partial charge in [-0.15, -0.1) is 24.3 Å². The smallest absolute Gasteiger partial charge is 0.00821 e. The molecule has 0 amide bonds. The number of aromatic hydroxyl groups is 2. The second-order valence-corrected chi connectivity index (χ2v) is 2.52. The summed E-state index contributed by atoms with van der Waals surface area (Å²) in [7, 11) is 0. The fourth-order valence-electron chi connectivity index (χ4n) is 0.756. The van der Waals surface area contributed by atoms with Crippen LogP contribution in [0.5, 0.6) is 11.5 Å². The summed E-state index contributed by atoms with van der Waals surface area (Å²) in [6, 6.07) is 18.5. The van der Waals surface area contributed by atoms with Crippen LogP contribution in [0.15, 0.2) is 48.5 Å². The standard InChI is InChI=1S/2C6H5O.2CH4.Y/c2*7-6-4-2-1-3-5-6;;;/h2*2-5,7H;2*1H4;/q2*-1;;;. The maximum atomic E-state index is 8.61. The van der Waals surface area contributed by atoms with Gasteiger partial charge in [0.15, 0.2) is 0 Å². The normalized spacial score (nSPS) is 7.06. The molecule has 17 heavy (non-hydrogen) atoms. The van der Waals surface area contributed by atoms with Gasteiger partial charge < -0.3 is 10.2 Å². The maximum absolute atomic E-state index is 8.61. The minimum atomic E-state index is 0. The number of phenols is 2. The van der Waals surface area contributed by atoms with Crippen molar-refractivity contribution >= 4 is 0 Å². The average Bonchev–Trinajstić information content (AvgIpc) is 2.21. The van der Waals surface area contributed by atoms with E-state index < -0.39 is 0 Å². The van der Waals surface area contributed by atoms with Crippen molar-refractivity contribution < 1.29 is 42.9 Å². The van der Waals surface area contributed by atoms with E-state index in [1.54, 1.807) is 48.5 Å². The SMILES string of the molecule is C.C.Oc1cc[c-]cc1.Oc1cc[c-]cc1.[Y]. The van der Waals surface area contributed by atoms with E-state index in [9.17, 15) is 0 Å². The van der Waals surface area contributed by atoms with Gasteiger partial charge in [0.1, 0.15) is 0 Å². The van der Waals surface area contributed by atoms with Crippen molar-refractivity contribution in [3.05, 3.63) is 60.7 Å². The molecule has 0 spiro atoms. The predicted octanol–water partition coefficient (Wildman–Crippen LogP) is 3.65. The van der Waals surface area contributed by atoms with Crippen molar-refractivity contribution in [2.75, 3.05) is 0 Å². The van der Waals surface area contributed by atoms with Gasteiger partial charge >= 0.3 is 0 Å². The van der Waals surface area contributed by atoms with Gasteiger partial charge in [0, 0.05) is 44.2 Å². The Morgan fingerprint density at radius 2 is 0.882 bits per heavy atom. The summed E-state index contributed by atoms with van der Waals surface area (Å²) in [6.45, 7) is 0. The van der Waals surface area contributed by atoms with Crippen molar-refractivity contribution in [1.82, 2.24) is 0 Å². The Bertz CT molecular complexity index is 312. The molecular formula is C14H18O2Y-2. The number of benzene rings is 2. The third-order valence-electron chi connectivity index (χ3n) is 1.40. The molecule has 3 heteroatoms. The molecule has 2 rings (SSSR count). The average molecular weight is 307 g/mol. The predicted molar refractivity (Wildman–Crippen MR) is 67.3 cm³/mol. The van der Waals surface area contributed by atoms with Crippen molar-refractivity contribution in [1.29, 1.82) is 0 Å². The minimum absolute atomic E-state index is 0. The molecule has 2 aromatic carbocycles. The first-order valence-electron chi connectivity index (χ1n) is 4.09. The van der Waals surface area contributed by atoms with Gasteiger partial charge in [-0.05, 0) is 0 Å². The van der Waals surface area contributed by atoms with Crippen LogP contribution >= 0.6 is 0 Å². The van der Waals surface area contributed by atoms with Crippen LogP contribution in [0.2, 0.25) is 0 Å². The Labute approximate surface area is 129 Å². The topological polar surface area (TPSA) is 40.5 Å². The summed E-state index contributed by atoms with van der Waals surface area (Å²) in [5, 5.41) is 17.2. The first kappa shape index (κ1) is 21.4. The van der Waals surface area contributed by atoms with Crippen LogP contribution in [0.1, 0.15) is 14.9 Å². The van der Waals surface area contributed by atoms with Gasteiger partial charge in [-0.25, -0.2) is 0 Å². The molecule has 0 saturated carbocycles. The second-order valence-electron chi connectivity index (χ2n) is 2.52. The van der Waals surface area contributed by atoms with E-state index in [-0.39, 0.29) is 47.6 Å². The Morgan fingerprint density at radius 3 is 1.00 bits per heavy atom. The Kier molecular flexibility index (Phi) is 16.7. The summed E-state index contributed by atoms with van der Waals surface area (Å²) in [5.74, 6) is 0.581. The fraction of sp³-hybridized carbons (Fsp3) is 0.143. The summed E-state index contributed by atoms with van der Waals surface area (Å²) < 4.78 is 0. The molecule has 0 unspecified atom stereocenters. The Balaban J connectivity index is -0.000000196. The van der Waals surface area contributed by atoms with Crippen LogP contribution in [-0.4, -0.2) is 10.2 Å². The van der Waals surface area contributed by atoms with Gasteiger partial charge in [-0.1, -0.05) is 14.9 Å². The molecule has 0 bridgehead atoms. The third-order valence-corrected chi connectivity index (χ3v) is 1.40. The van der Waals surface area contributed by atoms with Gasteiger partial charge in [0.05, 0.1) is 0 Å². The zero-order chi connectivity index (χ0) is 10.2. The molecule has 2 aromatic rings. The zero-order valence-electron chi connectivity index (χ0n) is 8.09. The molecule has 0 aromatic heterocycles. The molecule has 0 aliphatic carbocycles. The van der Waals surface area contributed by atoms with Gasteiger partial charge in [0.25, 0.3) is 0 Å². The van der Waals surface area contributed by atoms with Crippen LogP contribution in [0, 0.1) is 12.1 Å². The summed E-state index contributed by atoms with van der Waals surface area (Å²) in [6.07, 6.45) is 0. The van der Waals surface area contributed by atoms with E-state index in [2.05, 4.69) is 12.1 Å². The van der Waals surface area contributed by atoms with Crippen LogP contribution in [0.3, 0.4) is 0 Å².